The number of methoxy groups -OCH3 is 1. The van der Waals surface area contributed by atoms with Crippen LogP contribution in [-0.4, -0.2) is 18.8 Å². The van der Waals surface area contributed by atoms with Gasteiger partial charge in [0.2, 0.25) is 0 Å². The van der Waals surface area contributed by atoms with E-state index in [1.165, 1.54) is 19.4 Å². The number of hydrogen-bond donors (Lipinski definition) is 2. The predicted molar refractivity (Wildman–Crippen MR) is 73.0 cm³/mol. The third-order valence-electron chi connectivity index (χ3n) is 3.16. The van der Waals surface area contributed by atoms with Crippen LogP contribution in [0.4, 0.5) is 4.39 Å². The number of rotatable bonds is 6. The van der Waals surface area contributed by atoms with Crippen LogP contribution in [0, 0.1) is 5.82 Å². The molecule has 0 radical (unpaired) electrons. The third-order valence-corrected chi connectivity index (χ3v) is 3.16. The first kappa shape index (κ1) is 14.6. The van der Waals surface area contributed by atoms with Crippen LogP contribution in [0.1, 0.15) is 30.4 Å². The average molecular weight is 279 g/mol. The Morgan fingerprint density at radius 1 is 1.40 bits per heavy atom. The van der Waals surface area contributed by atoms with Crippen LogP contribution >= 0.6 is 0 Å². The van der Waals surface area contributed by atoms with Gasteiger partial charge in [0.1, 0.15) is 11.9 Å². The summed E-state index contributed by atoms with van der Waals surface area (Å²) in [5, 5.41) is 13.0. The molecule has 2 N–H and O–H groups in total. The molecule has 4 nitrogen and oxygen atoms in total. The minimum atomic E-state index is -0.726. The molecule has 0 saturated carbocycles. The van der Waals surface area contributed by atoms with Crippen molar-refractivity contribution in [3.8, 4) is 5.75 Å². The van der Waals surface area contributed by atoms with Crippen molar-refractivity contribution in [2.45, 2.75) is 19.1 Å². The van der Waals surface area contributed by atoms with Gasteiger partial charge >= 0.3 is 0 Å². The van der Waals surface area contributed by atoms with Gasteiger partial charge in [-0.2, -0.15) is 0 Å². The topological polar surface area (TPSA) is 54.6 Å². The van der Waals surface area contributed by atoms with Gasteiger partial charge in [0, 0.05) is 12.6 Å². The summed E-state index contributed by atoms with van der Waals surface area (Å²) in [6.07, 6.45) is 0.788. The summed E-state index contributed by atoms with van der Waals surface area (Å²) in [4.78, 5) is 0. The minimum Gasteiger partial charge on any atom is -0.494 e. The third kappa shape index (κ3) is 3.37. The number of furan rings is 1. The SMILES string of the molecule is COc1ccc(C(C)NCC(O)c2ccco2)cc1F. The van der Waals surface area contributed by atoms with Crippen molar-refractivity contribution in [1.82, 2.24) is 5.32 Å². The molecule has 0 fully saturated rings. The quantitative estimate of drug-likeness (QED) is 0.853. The van der Waals surface area contributed by atoms with Crippen molar-refractivity contribution in [2.75, 3.05) is 13.7 Å². The molecular formula is C15H18FNO3. The molecule has 108 valence electrons. The Bertz CT molecular complexity index is 542. The van der Waals surface area contributed by atoms with Crippen LogP contribution in [0.2, 0.25) is 0 Å². The fraction of sp³-hybridized carbons (Fsp3) is 0.333. The number of aliphatic hydroxyl groups excluding tert-OH is 1. The molecule has 0 aliphatic heterocycles. The molecular weight excluding hydrogens is 261 g/mol. The predicted octanol–water partition coefficient (Wildman–Crippen LogP) is 2.81. The van der Waals surface area contributed by atoms with Gasteiger partial charge in [-0.1, -0.05) is 6.07 Å². The summed E-state index contributed by atoms with van der Waals surface area (Å²) in [7, 11) is 1.43. The van der Waals surface area contributed by atoms with Crippen molar-refractivity contribution in [2.24, 2.45) is 0 Å². The molecule has 0 aliphatic carbocycles. The lowest BCUT2D eigenvalue weighted by Crippen LogP contribution is -2.24. The van der Waals surface area contributed by atoms with E-state index >= 15 is 0 Å². The maximum Gasteiger partial charge on any atom is 0.165 e. The van der Waals surface area contributed by atoms with Crippen LogP contribution in [0.25, 0.3) is 0 Å². The zero-order chi connectivity index (χ0) is 14.5. The summed E-state index contributed by atoms with van der Waals surface area (Å²) >= 11 is 0. The van der Waals surface area contributed by atoms with Gasteiger partial charge in [0.25, 0.3) is 0 Å². The maximum atomic E-state index is 13.6. The largest absolute Gasteiger partial charge is 0.494 e. The van der Waals surface area contributed by atoms with Crippen molar-refractivity contribution >= 4 is 0 Å². The Morgan fingerprint density at radius 2 is 2.20 bits per heavy atom. The van der Waals surface area contributed by atoms with Crippen molar-refractivity contribution in [1.29, 1.82) is 0 Å². The van der Waals surface area contributed by atoms with E-state index in [0.717, 1.165) is 5.56 Å². The van der Waals surface area contributed by atoms with Gasteiger partial charge < -0.3 is 19.6 Å². The molecule has 0 aliphatic rings. The fourth-order valence-electron chi connectivity index (χ4n) is 1.94. The second kappa shape index (κ2) is 6.54. The summed E-state index contributed by atoms with van der Waals surface area (Å²) in [6, 6.07) is 8.14. The Labute approximate surface area is 117 Å². The summed E-state index contributed by atoms with van der Waals surface area (Å²) in [5.41, 5.74) is 0.787. The van der Waals surface area contributed by atoms with Crippen LogP contribution in [0.15, 0.2) is 41.0 Å². The van der Waals surface area contributed by atoms with Gasteiger partial charge in [-0.05, 0) is 36.8 Å². The van der Waals surface area contributed by atoms with Crippen LogP contribution in [0.5, 0.6) is 5.75 Å². The number of nitrogens with one attached hydrogen (secondary N) is 1. The van der Waals surface area contributed by atoms with E-state index in [2.05, 4.69) is 5.32 Å². The Hall–Kier alpha value is -1.85. The standard InChI is InChI=1S/C15H18FNO3/c1-10(11-5-6-14(19-2)12(16)8-11)17-9-13(18)15-4-3-7-20-15/h3-8,10,13,17-18H,9H2,1-2H3. The van der Waals surface area contributed by atoms with Gasteiger partial charge in [-0.3, -0.25) is 0 Å². The molecule has 20 heavy (non-hydrogen) atoms. The van der Waals surface area contributed by atoms with E-state index < -0.39 is 11.9 Å². The molecule has 2 unspecified atom stereocenters. The molecule has 1 heterocycles. The van der Waals surface area contributed by atoms with Gasteiger partial charge in [-0.15, -0.1) is 0 Å². The Kier molecular flexibility index (Phi) is 4.76. The number of ether oxygens (including phenoxy) is 1. The van der Waals surface area contributed by atoms with E-state index in [4.69, 9.17) is 9.15 Å². The Balaban J connectivity index is 1.94. The molecule has 1 aromatic carbocycles. The number of benzene rings is 1. The Morgan fingerprint density at radius 3 is 2.80 bits per heavy atom. The highest BCUT2D eigenvalue weighted by Crippen LogP contribution is 2.22. The lowest BCUT2D eigenvalue weighted by molar-refractivity contribution is 0.144. The molecule has 2 rings (SSSR count). The van der Waals surface area contributed by atoms with Crippen LogP contribution < -0.4 is 10.1 Å². The molecule has 2 aromatic rings. The molecule has 1 aromatic heterocycles. The lowest BCUT2D eigenvalue weighted by atomic mass is 10.1. The molecule has 0 amide bonds. The van der Waals surface area contributed by atoms with Gasteiger partial charge in [-0.25, -0.2) is 4.39 Å². The zero-order valence-electron chi connectivity index (χ0n) is 11.5. The average Bonchev–Trinajstić information content (AvgIpc) is 2.98. The second-order valence-corrected chi connectivity index (χ2v) is 4.56. The van der Waals surface area contributed by atoms with Crippen molar-refractivity contribution < 1.29 is 18.7 Å². The van der Waals surface area contributed by atoms with Crippen molar-refractivity contribution in [3.05, 3.63) is 53.7 Å². The van der Waals surface area contributed by atoms with E-state index in [1.54, 1.807) is 24.3 Å². The van der Waals surface area contributed by atoms with E-state index in [9.17, 15) is 9.50 Å². The summed E-state index contributed by atoms with van der Waals surface area (Å²) in [6.45, 7) is 2.22. The normalized spacial score (nSPS) is 14.0. The van der Waals surface area contributed by atoms with E-state index in [-0.39, 0.29) is 11.8 Å². The summed E-state index contributed by atoms with van der Waals surface area (Å²) in [5.74, 6) is 0.326. The zero-order valence-corrected chi connectivity index (χ0v) is 11.5. The smallest absolute Gasteiger partial charge is 0.165 e. The number of aliphatic hydroxyl groups is 1. The van der Waals surface area contributed by atoms with Crippen LogP contribution in [0.3, 0.4) is 0 Å². The molecule has 2 atom stereocenters. The van der Waals surface area contributed by atoms with Crippen molar-refractivity contribution in [3.63, 3.8) is 0 Å². The van der Waals surface area contributed by atoms with Crippen LogP contribution in [-0.2, 0) is 0 Å². The van der Waals surface area contributed by atoms with Gasteiger partial charge in [0.15, 0.2) is 11.6 Å². The molecule has 5 heteroatoms. The highest BCUT2D eigenvalue weighted by Gasteiger charge is 2.14. The second-order valence-electron chi connectivity index (χ2n) is 4.56. The minimum absolute atomic E-state index is 0.0972. The molecule has 0 saturated heterocycles. The monoisotopic (exact) mass is 279 g/mol. The van der Waals surface area contributed by atoms with E-state index in [1.807, 2.05) is 6.92 Å². The highest BCUT2D eigenvalue weighted by atomic mass is 19.1. The number of halogens is 1. The van der Waals surface area contributed by atoms with E-state index in [0.29, 0.717) is 12.3 Å². The first-order chi connectivity index (χ1) is 9.61. The molecule has 0 bridgehead atoms. The fourth-order valence-corrected chi connectivity index (χ4v) is 1.94. The summed E-state index contributed by atoms with van der Waals surface area (Å²) < 4.78 is 23.6. The maximum absolute atomic E-state index is 13.6. The first-order valence-corrected chi connectivity index (χ1v) is 6.40. The lowest BCUT2D eigenvalue weighted by Gasteiger charge is -2.17. The van der Waals surface area contributed by atoms with Gasteiger partial charge in [0.05, 0.1) is 13.4 Å². The number of hydrogen-bond acceptors (Lipinski definition) is 4. The molecule has 0 spiro atoms. The first-order valence-electron chi connectivity index (χ1n) is 6.40. The highest BCUT2D eigenvalue weighted by molar-refractivity contribution is 5.30.